The lowest BCUT2D eigenvalue weighted by molar-refractivity contribution is 0.205. The maximum absolute atomic E-state index is 10.2. The molecule has 0 radical (unpaired) electrons. The third-order valence-electron chi connectivity index (χ3n) is 4.36. The average molecular weight is 359 g/mol. The van der Waals surface area contributed by atoms with Gasteiger partial charge in [-0.3, -0.25) is 0 Å². The minimum atomic E-state index is -0.652. The van der Waals surface area contributed by atoms with Gasteiger partial charge < -0.3 is 5.11 Å². The Hall–Kier alpha value is -2.54. The quantitative estimate of drug-likeness (QED) is 0.605. The maximum Gasteiger partial charge on any atom is 0.0907 e. The molecule has 0 fully saturated rings. The molecule has 0 unspecified atom stereocenters. The molecule has 3 rings (SSSR count). The van der Waals surface area contributed by atoms with Gasteiger partial charge in [-0.25, -0.2) is 0 Å². The summed E-state index contributed by atoms with van der Waals surface area (Å²) in [5.41, 5.74) is 3.48. The van der Waals surface area contributed by atoms with Gasteiger partial charge in [0.25, 0.3) is 0 Å². The third-order valence-corrected chi connectivity index (χ3v) is 6.05. The van der Waals surface area contributed by atoms with Crippen LogP contribution in [0.3, 0.4) is 0 Å². The van der Waals surface area contributed by atoms with Crippen molar-refractivity contribution in [1.82, 2.24) is 0 Å². The van der Waals surface area contributed by atoms with Crippen molar-refractivity contribution in [2.45, 2.75) is 17.3 Å². The van der Waals surface area contributed by atoms with E-state index in [0.29, 0.717) is 5.75 Å². The summed E-state index contributed by atoms with van der Waals surface area (Å²) in [5.74, 6) is 0.478. The highest BCUT2D eigenvalue weighted by molar-refractivity contribution is 8.00. The van der Waals surface area contributed by atoms with Crippen LogP contribution in [0.4, 0.5) is 0 Å². The van der Waals surface area contributed by atoms with Gasteiger partial charge in [0, 0.05) is 5.75 Å². The molecule has 0 aromatic heterocycles. The number of aliphatic hydroxyl groups is 1. The first-order chi connectivity index (χ1) is 12.8. The summed E-state index contributed by atoms with van der Waals surface area (Å²) in [6, 6.07) is 33.1. The minimum absolute atomic E-state index is 0.140. The summed E-state index contributed by atoms with van der Waals surface area (Å²) < 4.78 is -0.444. The number of nitrogens with zero attached hydrogens (tertiary/aromatic N) is 1. The van der Waals surface area contributed by atoms with Gasteiger partial charge in [0.05, 0.1) is 23.3 Å². The van der Waals surface area contributed by atoms with Crippen molar-refractivity contribution in [1.29, 1.82) is 5.26 Å². The molecule has 3 aromatic carbocycles. The normalized spacial score (nSPS) is 12.3. The highest BCUT2D eigenvalue weighted by atomic mass is 32.2. The van der Waals surface area contributed by atoms with Crippen molar-refractivity contribution in [3.8, 4) is 6.07 Å². The predicted molar refractivity (Wildman–Crippen MR) is 108 cm³/mol. The number of rotatable bonds is 7. The average Bonchev–Trinajstić information content (AvgIpc) is 2.71. The van der Waals surface area contributed by atoms with Crippen molar-refractivity contribution in [2.75, 3.05) is 5.75 Å². The van der Waals surface area contributed by atoms with E-state index in [0.717, 1.165) is 16.7 Å². The highest BCUT2D eigenvalue weighted by Crippen LogP contribution is 2.48. The zero-order valence-corrected chi connectivity index (χ0v) is 15.3. The Morgan fingerprint density at radius 3 is 1.50 bits per heavy atom. The van der Waals surface area contributed by atoms with Crippen LogP contribution in [0, 0.1) is 11.3 Å². The van der Waals surface area contributed by atoms with Gasteiger partial charge in [-0.05, 0) is 16.7 Å². The molecular weight excluding hydrogens is 338 g/mol. The van der Waals surface area contributed by atoms with Crippen LogP contribution in [0.1, 0.15) is 23.1 Å². The Balaban J connectivity index is 2.16. The lowest BCUT2D eigenvalue weighted by Gasteiger charge is -2.36. The molecule has 0 saturated heterocycles. The Kier molecular flexibility index (Phi) is 6.12. The summed E-state index contributed by atoms with van der Waals surface area (Å²) in [6.45, 7) is 0. The van der Waals surface area contributed by atoms with Crippen molar-refractivity contribution < 1.29 is 5.11 Å². The molecule has 0 aliphatic carbocycles. The molecule has 3 aromatic rings. The molecular formula is C23H21NOS. The van der Waals surface area contributed by atoms with Gasteiger partial charge in [-0.1, -0.05) is 91.0 Å². The summed E-state index contributed by atoms with van der Waals surface area (Å²) in [7, 11) is 0. The summed E-state index contributed by atoms with van der Waals surface area (Å²) in [6.07, 6.45) is -0.512. The molecule has 1 N–H and O–H groups in total. The topological polar surface area (TPSA) is 44.0 Å². The molecule has 0 spiro atoms. The van der Waals surface area contributed by atoms with Gasteiger partial charge in [-0.2, -0.15) is 5.26 Å². The van der Waals surface area contributed by atoms with Crippen LogP contribution in [-0.2, 0) is 4.75 Å². The lowest BCUT2D eigenvalue weighted by Crippen LogP contribution is -2.28. The Labute approximate surface area is 159 Å². The van der Waals surface area contributed by atoms with Crippen molar-refractivity contribution in [3.63, 3.8) is 0 Å². The van der Waals surface area contributed by atoms with Gasteiger partial charge >= 0.3 is 0 Å². The van der Waals surface area contributed by atoms with E-state index < -0.39 is 10.9 Å². The van der Waals surface area contributed by atoms with Crippen LogP contribution in [0.5, 0.6) is 0 Å². The smallest absolute Gasteiger partial charge is 0.0907 e. The van der Waals surface area contributed by atoms with Crippen LogP contribution in [0.25, 0.3) is 0 Å². The first kappa shape index (κ1) is 18.3. The van der Waals surface area contributed by atoms with E-state index in [1.54, 1.807) is 11.8 Å². The van der Waals surface area contributed by atoms with E-state index in [-0.39, 0.29) is 6.42 Å². The van der Waals surface area contributed by atoms with Crippen LogP contribution >= 0.6 is 11.8 Å². The monoisotopic (exact) mass is 359 g/mol. The molecule has 0 bridgehead atoms. The number of hydrogen-bond donors (Lipinski definition) is 1. The van der Waals surface area contributed by atoms with Gasteiger partial charge in [0.2, 0.25) is 0 Å². The number of hydrogen-bond acceptors (Lipinski definition) is 3. The lowest BCUT2D eigenvalue weighted by atomic mass is 9.84. The van der Waals surface area contributed by atoms with Crippen LogP contribution in [0.2, 0.25) is 0 Å². The van der Waals surface area contributed by atoms with Crippen LogP contribution in [0.15, 0.2) is 91.0 Å². The highest BCUT2D eigenvalue weighted by Gasteiger charge is 2.37. The fourth-order valence-electron chi connectivity index (χ4n) is 3.15. The number of nitriles is 1. The SMILES string of the molecule is N#CC[C@H](O)CSC(c1ccccc1)(c1ccccc1)c1ccccc1. The zero-order chi connectivity index (χ0) is 18.2. The van der Waals surface area contributed by atoms with Crippen molar-refractivity contribution in [3.05, 3.63) is 108 Å². The Morgan fingerprint density at radius 1 is 0.769 bits per heavy atom. The van der Waals surface area contributed by atoms with Crippen molar-refractivity contribution >= 4 is 11.8 Å². The summed E-state index contributed by atoms with van der Waals surface area (Å²) in [4.78, 5) is 0. The van der Waals surface area contributed by atoms with Gasteiger partial charge in [-0.15, -0.1) is 11.8 Å². The number of thioether (sulfide) groups is 1. The second kappa shape index (κ2) is 8.71. The van der Waals surface area contributed by atoms with Gasteiger partial charge in [0.15, 0.2) is 0 Å². The fraction of sp³-hybridized carbons (Fsp3) is 0.174. The minimum Gasteiger partial charge on any atom is -0.391 e. The standard InChI is InChI=1S/C23H21NOS/c24-17-16-22(25)18-26-23(19-10-4-1-5-11-19,20-12-6-2-7-13-20)21-14-8-3-9-15-21/h1-15,22,25H,16,18H2/t22-/m0/s1. The molecule has 26 heavy (non-hydrogen) atoms. The molecule has 0 amide bonds. The molecule has 3 heteroatoms. The van der Waals surface area contributed by atoms with Gasteiger partial charge in [0.1, 0.15) is 0 Å². The van der Waals surface area contributed by atoms with E-state index in [1.807, 2.05) is 54.6 Å². The maximum atomic E-state index is 10.2. The first-order valence-corrected chi connectivity index (χ1v) is 9.61. The number of benzene rings is 3. The van der Waals surface area contributed by atoms with E-state index in [4.69, 9.17) is 5.26 Å². The Bertz CT molecular complexity index is 747. The van der Waals surface area contributed by atoms with E-state index >= 15 is 0 Å². The van der Waals surface area contributed by atoms with Crippen LogP contribution < -0.4 is 0 Å². The van der Waals surface area contributed by atoms with Crippen molar-refractivity contribution in [2.24, 2.45) is 0 Å². The predicted octanol–water partition coefficient (Wildman–Crippen LogP) is 4.99. The third kappa shape index (κ3) is 3.83. The molecule has 0 saturated carbocycles. The molecule has 0 heterocycles. The van der Waals surface area contributed by atoms with Crippen LogP contribution in [-0.4, -0.2) is 17.0 Å². The Morgan fingerprint density at radius 2 is 1.15 bits per heavy atom. The molecule has 130 valence electrons. The second-order valence-electron chi connectivity index (χ2n) is 6.11. The van der Waals surface area contributed by atoms with E-state index in [2.05, 4.69) is 42.5 Å². The van der Waals surface area contributed by atoms with E-state index in [9.17, 15) is 5.11 Å². The van der Waals surface area contributed by atoms with E-state index in [1.165, 1.54) is 0 Å². The molecule has 0 aliphatic heterocycles. The summed E-state index contributed by atoms with van der Waals surface area (Å²) >= 11 is 1.68. The fourth-order valence-corrected chi connectivity index (χ4v) is 4.62. The number of aliphatic hydroxyl groups excluding tert-OH is 1. The second-order valence-corrected chi connectivity index (χ2v) is 7.34. The first-order valence-electron chi connectivity index (χ1n) is 8.63. The molecule has 1 atom stereocenters. The largest absolute Gasteiger partial charge is 0.391 e. The summed E-state index contributed by atoms with van der Waals surface area (Å²) in [5, 5.41) is 19.1. The zero-order valence-electron chi connectivity index (χ0n) is 14.5. The molecule has 2 nitrogen and oxygen atoms in total. The molecule has 0 aliphatic rings.